The highest BCUT2D eigenvalue weighted by Crippen LogP contribution is 2.31. The van der Waals surface area contributed by atoms with Crippen LogP contribution >= 0.6 is 0 Å². The number of aryl methyl sites for hydroxylation is 1. The number of rotatable bonds is 8. The van der Waals surface area contributed by atoms with E-state index in [0.29, 0.717) is 23.6 Å². The van der Waals surface area contributed by atoms with Gasteiger partial charge in [-0.2, -0.15) is 0 Å². The Labute approximate surface area is 189 Å². The highest BCUT2D eigenvalue weighted by atomic mass is 16.5. The summed E-state index contributed by atoms with van der Waals surface area (Å²) in [5.74, 6) is 0.334. The molecule has 1 heterocycles. The lowest BCUT2D eigenvalue weighted by atomic mass is 9.87. The third kappa shape index (κ3) is 5.13. The topological polar surface area (TPSA) is 73.5 Å². The van der Waals surface area contributed by atoms with Gasteiger partial charge < -0.3 is 14.4 Å². The number of aromatic nitrogens is 2. The Hall–Kier alpha value is -3.28. The van der Waals surface area contributed by atoms with Gasteiger partial charge in [-0.25, -0.2) is 9.59 Å². The third-order valence-corrected chi connectivity index (χ3v) is 5.60. The predicted molar refractivity (Wildman–Crippen MR) is 127 cm³/mol. The van der Waals surface area contributed by atoms with E-state index in [1.54, 1.807) is 13.2 Å². The largest absolute Gasteiger partial charge is 0.480 e. The maximum absolute atomic E-state index is 12.8. The van der Waals surface area contributed by atoms with Crippen LogP contribution in [0.15, 0.2) is 59.5 Å². The number of hydrogen-bond donors (Lipinski definition) is 1. The molecule has 0 aliphatic heterocycles. The Morgan fingerprint density at radius 1 is 1.09 bits per heavy atom. The van der Waals surface area contributed by atoms with Gasteiger partial charge in [-0.15, -0.1) is 0 Å². The van der Waals surface area contributed by atoms with Crippen LogP contribution < -0.4 is 10.4 Å². The van der Waals surface area contributed by atoms with E-state index in [4.69, 9.17) is 4.74 Å². The first kappa shape index (κ1) is 23.4. The van der Waals surface area contributed by atoms with Crippen LogP contribution in [0, 0.1) is 0 Å². The van der Waals surface area contributed by atoms with E-state index in [1.807, 2.05) is 43.3 Å². The molecule has 0 radical (unpaired) electrons. The van der Waals surface area contributed by atoms with Gasteiger partial charge in [0.1, 0.15) is 17.5 Å². The summed E-state index contributed by atoms with van der Waals surface area (Å²) < 4.78 is 8.86. The molecule has 0 saturated heterocycles. The van der Waals surface area contributed by atoms with Gasteiger partial charge in [0, 0.05) is 18.8 Å². The Morgan fingerprint density at radius 2 is 1.78 bits per heavy atom. The Morgan fingerprint density at radius 3 is 2.38 bits per heavy atom. The molecule has 3 rings (SSSR count). The van der Waals surface area contributed by atoms with E-state index in [1.165, 1.54) is 14.7 Å². The maximum atomic E-state index is 12.8. The number of ether oxygens (including phenoxy) is 1. The molecule has 1 aromatic heterocycles. The van der Waals surface area contributed by atoms with E-state index in [0.717, 1.165) is 18.4 Å². The molecule has 1 N–H and O–H groups in total. The molecular formula is C26H32N2O4. The smallest absolute Gasteiger partial charge is 0.329 e. The molecular weight excluding hydrogens is 404 g/mol. The van der Waals surface area contributed by atoms with E-state index in [2.05, 4.69) is 32.9 Å². The summed E-state index contributed by atoms with van der Waals surface area (Å²) in [6, 6.07) is 14.5. The second-order valence-electron chi connectivity index (χ2n) is 9.18. The first-order chi connectivity index (χ1) is 15.1. The van der Waals surface area contributed by atoms with E-state index in [9.17, 15) is 14.7 Å². The van der Waals surface area contributed by atoms with Crippen molar-refractivity contribution in [1.29, 1.82) is 0 Å². The molecule has 170 valence electrons. The Kier molecular flexibility index (Phi) is 6.92. The fourth-order valence-electron chi connectivity index (χ4n) is 3.73. The van der Waals surface area contributed by atoms with Crippen LogP contribution in [0.1, 0.15) is 58.6 Å². The lowest BCUT2D eigenvalue weighted by Crippen LogP contribution is -2.31. The van der Waals surface area contributed by atoms with Crippen LogP contribution in [-0.2, 0) is 17.3 Å². The van der Waals surface area contributed by atoms with Gasteiger partial charge in [0.15, 0.2) is 0 Å². The quantitative estimate of drug-likeness (QED) is 0.487. The molecule has 3 aromatic rings. The summed E-state index contributed by atoms with van der Waals surface area (Å²) in [5, 5.41) is 9.79. The van der Waals surface area contributed by atoms with Crippen LogP contribution in [0.4, 0.5) is 0 Å². The van der Waals surface area contributed by atoms with E-state index in [-0.39, 0.29) is 11.1 Å². The van der Waals surface area contributed by atoms with Gasteiger partial charge >= 0.3 is 11.7 Å². The number of hydrogen-bond acceptors (Lipinski definition) is 3. The Balaban J connectivity index is 1.95. The number of unbranched alkanes of at least 4 members (excludes halogenated alkanes) is 1. The molecule has 0 unspecified atom stereocenters. The van der Waals surface area contributed by atoms with Gasteiger partial charge in [0.25, 0.3) is 0 Å². The van der Waals surface area contributed by atoms with Crippen molar-refractivity contribution in [2.45, 2.75) is 58.4 Å². The van der Waals surface area contributed by atoms with Crippen molar-refractivity contribution in [1.82, 2.24) is 9.13 Å². The molecule has 0 saturated carbocycles. The summed E-state index contributed by atoms with van der Waals surface area (Å²) in [7, 11) is 1.64. The van der Waals surface area contributed by atoms with Crippen LogP contribution in [0.2, 0.25) is 0 Å². The monoisotopic (exact) mass is 436 g/mol. The van der Waals surface area contributed by atoms with E-state index >= 15 is 0 Å². The van der Waals surface area contributed by atoms with Crippen molar-refractivity contribution < 1.29 is 14.6 Å². The summed E-state index contributed by atoms with van der Waals surface area (Å²) in [4.78, 5) is 24.8. The average molecular weight is 437 g/mol. The number of carbonyl (C=O) groups is 1. The molecule has 6 heteroatoms. The zero-order valence-electron chi connectivity index (χ0n) is 19.5. The zero-order chi connectivity index (χ0) is 23.5. The van der Waals surface area contributed by atoms with Crippen molar-refractivity contribution >= 4 is 5.97 Å². The number of nitrogens with zero attached hydrogens (tertiary/aromatic N) is 2. The lowest BCUT2D eigenvalue weighted by Gasteiger charge is -2.19. The van der Waals surface area contributed by atoms with Gasteiger partial charge in [-0.1, -0.05) is 64.8 Å². The van der Waals surface area contributed by atoms with Crippen molar-refractivity contribution in [2.24, 2.45) is 7.05 Å². The lowest BCUT2D eigenvalue weighted by molar-refractivity contribution is -0.141. The van der Waals surface area contributed by atoms with Crippen LogP contribution in [0.3, 0.4) is 0 Å². The predicted octanol–water partition coefficient (Wildman–Crippen LogP) is 5.76. The van der Waals surface area contributed by atoms with Crippen molar-refractivity contribution in [3.63, 3.8) is 0 Å². The molecule has 0 aliphatic carbocycles. The zero-order valence-corrected chi connectivity index (χ0v) is 19.5. The summed E-state index contributed by atoms with van der Waals surface area (Å²) in [5.41, 5.74) is 2.24. The molecule has 1 atom stereocenters. The summed E-state index contributed by atoms with van der Waals surface area (Å²) in [6.45, 7) is 8.49. The highest BCUT2D eigenvalue weighted by molar-refractivity contribution is 5.74. The number of imidazole rings is 1. The van der Waals surface area contributed by atoms with Crippen molar-refractivity contribution in [3.8, 4) is 22.8 Å². The fourth-order valence-corrected chi connectivity index (χ4v) is 3.73. The molecule has 32 heavy (non-hydrogen) atoms. The number of benzene rings is 2. The molecule has 0 bridgehead atoms. The second-order valence-corrected chi connectivity index (χ2v) is 9.18. The molecule has 0 aliphatic rings. The number of aliphatic carboxylic acids is 1. The third-order valence-electron chi connectivity index (χ3n) is 5.60. The SMILES string of the molecule is CCCC[C@@H](C(=O)O)n1c(-c2cccc(Oc3ccc(C(C)(C)C)cc3)c2)cn(C)c1=O. The first-order valence-electron chi connectivity index (χ1n) is 11.0. The van der Waals surface area contributed by atoms with Gasteiger partial charge in [0.05, 0.1) is 5.69 Å². The maximum Gasteiger partial charge on any atom is 0.329 e. The fraction of sp³-hybridized carbons (Fsp3) is 0.385. The minimum Gasteiger partial charge on any atom is -0.480 e. The molecule has 0 amide bonds. The standard InChI is InChI=1S/C26H32N2O4/c1-6-7-11-22(24(29)30)28-23(17-27(5)25(28)31)18-9-8-10-21(16-18)32-20-14-12-19(13-15-20)26(2,3)4/h8-10,12-17,22H,6-7,11H2,1-5H3,(H,29,30)/t22-/m0/s1. The van der Waals surface area contributed by atoms with Crippen molar-refractivity contribution in [3.05, 3.63) is 70.8 Å². The van der Waals surface area contributed by atoms with Gasteiger partial charge in [-0.3, -0.25) is 4.57 Å². The molecule has 0 spiro atoms. The van der Waals surface area contributed by atoms with Crippen LogP contribution in [-0.4, -0.2) is 20.2 Å². The number of carboxylic acid groups (broad SMARTS) is 1. The van der Waals surface area contributed by atoms with E-state index < -0.39 is 12.0 Å². The average Bonchev–Trinajstić information content (AvgIpc) is 3.03. The van der Waals surface area contributed by atoms with Gasteiger partial charge in [0.2, 0.25) is 0 Å². The van der Waals surface area contributed by atoms with Crippen LogP contribution in [0.5, 0.6) is 11.5 Å². The summed E-state index contributed by atoms with van der Waals surface area (Å²) in [6.07, 6.45) is 3.67. The van der Waals surface area contributed by atoms with Gasteiger partial charge in [-0.05, 0) is 41.7 Å². The van der Waals surface area contributed by atoms with Crippen molar-refractivity contribution in [2.75, 3.05) is 0 Å². The Bertz CT molecular complexity index is 1130. The molecule has 2 aromatic carbocycles. The highest BCUT2D eigenvalue weighted by Gasteiger charge is 2.25. The van der Waals surface area contributed by atoms with Crippen LogP contribution in [0.25, 0.3) is 11.3 Å². The summed E-state index contributed by atoms with van der Waals surface area (Å²) >= 11 is 0. The molecule has 6 nitrogen and oxygen atoms in total. The minimum atomic E-state index is -1.00. The normalized spacial score (nSPS) is 12.5. The molecule has 0 fully saturated rings. The minimum absolute atomic E-state index is 0.0634. The second kappa shape index (κ2) is 9.47. The first-order valence-corrected chi connectivity index (χ1v) is 11.0. The number of carboxylic acids is 1.